The van der Waals surface area contributed by atoms with Crippen LogP contribution < -0.4 is 5.32 Å². The van der Waals surface area contributed by atoms with Gasteiger partial charge >= 0.3 is 0 Å². The molecule has 0 amide bonds. The van der Waals surface area contributed by atoms with Crippen LogP contribution in [0.2, 0.25) is 0 Å². The van der Waals surface area contributed by atoms with Crippen LogP contribution in [0.5, 0.6) is 0 Å². The molecule has 62 valence electrons. The van der Waals surface area contributed by atoms with Crippen LogP contribution in [0.1, 0.15) is 13.8 Å². The first-order chi connectivity index (χ1) is 5.22. The molecule has 0 radical (unpaired) electrons. The largest absolute Gasteiger partial charge is 0.391 e. The normalized spacial score (nSPS) is 12.5. The topological polar surface area (TPSA) is 24.4 Å². The molecule has 0 aromatic heterocycles. The molecular weight excluding hydrogens is 136 g/mol. The monoisotopic (exact) mass is 152 g/mol. The van der Waals surface area contributed by atoms with Crippen LogP contribution in [0, 0.1) is 5.92 Å². The summed E-state index contributed by atoms with van der Waals surface area (Å²) >= 11 is 0. The van der Waals surface area contributed by atoms with Gasteiger partial charge in [0.05, 0.1) is 0 Å². The van der Waals surface area contributed by atoms with E-state index in [0.29, 0.717) is 5.92 Å². The molecule has 0 unspecified atom stereocenters. The fraction of sp³-hybridized carbons (Fsp3) is 0.444. The zero-order chi connectivity index (χ0) is 8.69. The van der Waals surface area contributed by atoms with Gasteiger partial charge in [-0.25, -0.2) is 0 Å². The van der Waals surface area contributed by atoms with Gasteiger partial charge in [-0.2, -0.15) is 0 Å². The van der Waals surface area contributed by atoms with E-state index in [1.165, 1.54) is 11.9 Å². The van der Waals surface area contributed by atoms with Crippen LogP contribution in [0.15, 0.2) is 29.5 Å². The third-order valence-electron chi connectivity index (χ3n) is 1.36. The van der Waals surface area contributed by atoms with E-state index in [-0.39, 0.29) is 0 Å². The molecule has 0 saturated heterocycles. The lowest BCUT2D eigenvalue weighted by Gasteiger charge is -2.08. The molecule has 0 rings (SSSR count). The molecule has 2 heteroatoms. The summed E-state index contributed by atoms with van der Waals surface area (Å²) in [6.07, 6.45) is 5.20. The molecule has 0 bridgehead atoms. The van der Waals surface area contributed by atoms with Gasteiger partial charge in [0.2, 0.25) is 0 Å². The number of rotatable bonds is 4. The fourth-order valence-corrected chi connectivity index (χ4v) is 0.749. The van der Waals surface area contributed by atoms with Crippen molar-refractivity contribution in [1.82, 2.24) is 5.32 Å². The van der Waals surface area contributed by atoms with Gasteiger partial charge in [0, 0.05) is 25.2 Å². The van der Waals surface area contributed by atoms with Crippen LogP contribution in [-0.2, 0) is 0 Å². The molecule has 0 aliphatic carbocycles. The van der Waals surface area contributed by atoms with E-state index in [1.54, 1.807) is 6.21 Å². The quantitative estimate of drug-likeness (QED) is 0.612. The second-order valence-corrected chi connectivity index (χ2v) is 2.51. The van der Waals surface area contributed by atoms with Crippen LogP contribution in [-0.4, -0.2) is 13.3 Å². The maximum Gasteiger partial charge on any atom is 0.0284 e. The molecule has 0 aliphatic heterocycles. The molecule has 0 fully saturated rings. The average molecular weight is 152 g/mol. The van der Waals surface area contributed by atoms with Crippen molar-refractivity contribution < 1.29 is 0 Å². The van der Waals surface area contributed by atoms with Gasteiger partial charge in [-0.05, 0) is 12.0 Å². The molecule has 0 spiro atoms. The highest BCUT2D eigenvalue weighted by Gasteiger charge is 1.96. The van der Waals surface area contributed by atoms with Crippen LogP contribution >= 0.6 is 0 Å². The molecule has 0 aromatic rings. The van der Waals surface area contributed by atoms with Crippen molar-refractivity contribution >= 4 is 6.21 Å². The van der Waals surface area contributed by atoms with E-state index >= 15 is 0 Å². The highest BCUT2D eigenvalue weighted by atomic mass is 14.8. The Morgan fingerprint density at radius 1 is 1.55 bits per heavy atom. The van der Waals surface area contributed by atoms with Crippen LogP contribution in [0.4, 0.5) is 0 Å². The van der Waals surface area contributed by atoms with E-state index < -0.39 is 0 Å². The Balaban J connectivity index is 4.11. The first-order valence-electron chi connectivity index (χ1n) is 3.74. The summed E-state index contributed by atoms with van der Waals surface area (Å²) < 4.78 is 0. The van der Waals surface area contributed by atoms with Gasteiger partial charge in [0.1, 0.15) is 0 Å². The van der Waals surface area contributed by atoms with E-state index in [4.69, 9.17) is 0 Å². The Kier molecular flexibility index (Phi) is 5.17. The smallest absolute Gasteiger partial charge is 0.0284 e. The highest BCUT2D eigenvalue weighted by Crippen LogP contribution is 2.02. The number of nitrogens with zero attached hydrogens (tertiary/aromatic N) is 1. The van der Waals surface area contributed by atoms with Crippen molar-refractivity contribution in [2.75, 3.05) is 7.05 Å². The van der Waals surface area contributed by atoms with Gasteiger partial charge in [0.25, 0.3) is 0 Å². The summed E-state index contributed by atoms with van der Waals surface area (Å²) in [5.74, 6) is 0.510. The Hall–Kier alpha value is -1.05. The van der Waals surface area contributed by atoms with Crippen LogP contribution in [0.3, 0.4) is 0 Å². The minimum atomic E-state index is 0.510. The summed E-state index contributed by atoms with van der Waals surface area (Å²) in [6.45, 7) is 7.74. The van der Waals surface area contributed by atoms with Crippen molar-refractivity contribution in [2.24, 2.45) is 10.9 Å². The Morgan fingerprint density at radius 2 is 2.18 bits per heavy atom. The summed E-state index contributed by atoms with van der Waals surface area (Å²) in [5.41, 5.74) is 1.18. The van der Waals surface area contributed by atoms with Crippen LogP contribution in [0.25, 0.3) is 0 Å². The molecule has 1 N–H and O–H groups in total. The van der Waals surface area contributed by atoms with E-state index in [0.717, 1.165) is 0 Å². The maximum absolute atomic E-state index is 3.86. The zero-order valence-corrected chi connectivity index (χ0v) is 7.46. The maximum atomic E-state index is 3.86. The summed E-state index contributed by atoms with van der Waals surface area (Å²) in [7, 11) is 1.91. The SMILES string of the molecule is C=CN=C/C=C(\NC)C(C)C. The minimum Gasteiger partial charge on any atom is -0.391 e. The molecule has 0 atom stereocenters. The highest BCUT2D eigenvalue weighted by molar-refractivity contribution is 5.72. The number of aliphatic imine (C=N–C) groups is 1. The Bertz CT molecular complexity index is 166. The molecule has 0 aliphatic rings. The Morgan fingerprint density at radius 3 is 2.55 bits per heavy atom. The fourth-order valence-electron chi connectivity index (χ4n) is 0.749. The molecule has 2 nitrogen and oxygen atoms in total. The molecular formula is C9H16N2. The summed E-state index contributed by atoms with van der Waals surface area (Å²) in [4.78, 5) is 3.86. The zero-order valence-electron chi connectivity index (χ0n) is 7.46. The number of allylic oxidation sites excluding steroid dienone is 2. The average Bonchev–Trinajstić information content (AvgIpc) is 1.97. The van der Waals surface area contributed by atoms with Crippen molar-refractivity contribution in [2.45, 2.75) is 13.8 Å². The Labute approximate surface area is 68.7 Å². The van der Waals surface area contributed by atoms with Gasteiger partial charge in [-0.15, -0.1) is 0 Å². The third kappa shape index (κ3) is 4.37. The van der Waals surface area contributed by atoms with Crippen molar-refractivity contribution in [1.29, 1.82) is 0 Å². The summed E-state index contributed by atoms with van der Waals surface area (Å²) in [5, 5.41) is 3.10. The van der Waals surface area contributed by atoms with E-state index in [9.17, 15) is 0 Å². The number of nitrogens with one attached hydrogen (secondary N) is 1. The molecule has 0 heterocycles. The lowest BCUT2D eigenvalue weighted by atomic mass is 10.1. The van der Waals surface area contributed by atoms with Gasteiger partial charge in [-0.1, -0.05) is 20.4 Å². The predicted octanol–water partition coefficient (Wildman–Crippen LogP) is 1.96. The number of hydrogen-bond acceptors (Lipinski definition) is 2. The molecule has 11 heavy (non-hydrogen) atoms. The number of hydrogen-bond donors (Lipinski definition) is 1. The minimum absolute atomic E-state index is 0.510. The summed E-state index contributed by atoms with van der Waals surface area (Å²) in [6, 6.07) is 0. The van der Waals surface area contributed by atoms with Crippen molar-refractivity contribution in [3.05, 3.63) is 24.6 Å². The van der Waals surface area contributed by atoms with Gasteiger partial charge in [0.15, 0.2) is 0 Å². The lowest BCUT2D eigenvalue weighted by molar-refractivity contribution is 0.701. The third-order valence-corrected chi connectivity index (χ3v) is 1.36. The predicted molar refractivity (Wildman–Crippen MR) is 50.7 cm³/mol. The van der Waals surface area contributed by atoms with E-state index in [2.05, 4.69) is 30.7 Å². The molecule has 0 saturated carbocycles. The van der Waals surface area contributed by atoms with Crippen molar-refractivity contribution in [3.8, 4) is 0 Å². The second kappa shape index (κ2) is 5.71. The standard InChI is InChI=1S/C9H16N2/c1-5-11-7-6-9(10-4)8(2)3/h5-8,10H,1H2,2-4H3/b9-6-,11-7?. The van der Waals surface area contributed by atoms with Gasteiger partial charge in [-0.3, -0.25) is 4.99 Å². The first kappa shape index (κ1) is 9.95. The van der Waals surface area contributed by atoms with Crippen molar-refractivity contribution in [3.63, 3.8) is 0 Å². The second-order valence-electron chi connectivity index (χ2n) is 2.51. The lowest BCUT2D eigenvalue weighted by Crippen LogP contribution is -2.11. The van der Waals surface area contributed by atoms with E-state index in [1.807, 2.05) is 13.1 Å². The van der Waals surface area contributed by atoms with Gasteiger partial charge < -0.3 is 5.32 Å². The molecule has 0 aromatic carbocycles. The first-order valence-corrected chi connectivity index (χ1v) is 3.74.